The molecule has 2 aliphatic rings. The summed E-state index contributed by atoms with van der Waals surface area (Å²) in [4.78, 5) is 0. The second-order valence-corrected chi connectivity index (χ2v) is 5.67. The minimum absolute atomic E-state index is 0.683. The molecular formula is C16H23NO. The van der Waals surface area contributed by atoms with Crippen LogP contribution >= 0.6 is 0 Å². The van der Waals surface area contributed by atoms with Crippen molar-refractivity contribution in [2.75, 3.05) is 18.5 Å². The van der Waals surface area contributed by atoms with Crippen molar-refractivity contribution in [1.29, 1.82) is 0 Å². The summed E-state index contributed by atoms with van der Waals surface area (Å²) >= 11 is 0. The molecule has 1 unspecified atom stereocenters. The Hall–Kier alpha value is -1.02. The predicted molar refractivity (Wildman–Crippen MR) is 75.0 cm³/mol. The van der Waals surface area contributed by atoms with Crippen molar-refractivity contribution in [3.8, 4) is 0 Å². The summed E-state index contributed by atoms with van der Waals surface area (Å²) in [5.41, 5.74) is 2.85. The van der Waals surface area contributed by atoms with Crippen LogP contribution in [0, 0.1) is 5.92 Å². The maximum atomic E-state index is 5.42. The minimum atomic E-state index is 0.683. The van der Waals surface area contributed by atoms with Crippen molar-refractivity contribution in [2.45, 2.75) is 44.6 Å². The number of benzene rings is 1. The Morgan fingerprint density at radius 3 is 2.78 bits per heavy atom. The zero-order valence-corrected chi connectivity index (χ0v) is 11.0. The van der Waals surface area contributed by atoms with Crippen LogP contribution in [0.15, 0.2) is 24.3 Å². The molecule has 1 aromatic carbocycles. The van der Waals surface area contributed by atoms with Crippen molar-refractivity contribution in [3.05, 3.63) is 29.8 Å². The van der Waals surface area contributed by atoms with Crippen LogP contribution in [0.1, 0.15) is 37.7 Å². The van der Waals surface area contributed by atoms with E-state index in [2.05, 4.69) is 29.6 Å². The highest BCUT2D eigenvalue weighted by Gasteiger charge is 2.20. The van der Waals surface area contributed by atoms with Crippen molar-refractivity contribution < 1.29 is 4.74 Å². The SMILES string of the molecule is c1ccc2c(c1)CCC(CCC1CCOCC1)N2. The average molecular weight is 245 g/mol. The molecule has 2 heterocycles. The Bertz CT molecular complexity index is 384. The lowest BCUT2D eigenvalue weighted by atomic mass is 9.89. The minimum Gasteiger partial charge on any atom is -0.382 e. The molecular weight excluding hydrogens is 222 g/mol. The highest BCUT2D eigenvalue weighted by molar-refractivity contribution is 5.53. The third-order valence-electron chi connectivity index (χ3n) is 4.40. The molecule has 0 radical (unpaired) electrons. The molecule has 0 aromatic heterocycles. The van der Waals surface area contributed by atoms with Crippen LogP contribution in [0.3, 0.4) is 0 Å². The van der Waals surface area contributed by atoms with E-state index in [-0.39, 0.29) is 0 Å². The van der Waals surface area contributed by atoms with E-state index in [9.17, 15) is 0 Å². The Balaban J connectivity index is 1.50. The third-order valence-corrected chi connectivity index (χ3v) is 4.40. The molecule has 2 heteroatoms. The van der Waals surface area contributed by atoms with Gasteiger partial charge in [-0.3, -0.25) is 0 Å². The van der Waals surface area contributed by atoms with Gasteiger partial charge in [0, 0.05) is 24.9 Å². The van der Waals surface area contributed by atoms with Gasteiger partial charge in [0.2, 0.25) is 0 Å². The largest absolute Gasteiger partial charge is 0.382 e. The van der Waals surface area contributed by atoms with Gasteiger partial charge < -0.3 is 10.1 Å². The van der Waals surface area contributed by atoms with Crippen LogP contribution in [-0.2, 0) is 11.2 Å². The lowest BCUT2D eigenvalue weighted by Crippen LogP contribution is -2.27. The third kappa shape index (κ3) is 2.86. The quantitative estimate of drug-likeness (QED) is 0.878. The van der Waals surface area contributed by atoms with Gasteiger partial charge in [-0.15, -0.1) is 0 Å². The smallest absolute Gasteiger partial charge is 0.0468 e. The zero-order chi connectivity index (χ0) is 12.2. The molecule has 3 rings (SSSR count). The first-order valence-corrected chi connectivity index (χ1v) is 7.34. The van der Waals surface area contributed by atoms with Crippen molar-refractivity contribution in [3.63, 3.8) is 0 Å². The molecule has 1 fully saturated rings. The standard InChI is InChI=1S/C16H23NO/c1-2-4-16-14(3-1)6-8-15(17-16)7-5-13-9-11-18-12-10-13/h1-4,13,15,17H,5-12H2. The van der Waals surface area contributed by atoms with Gasteiger partial charge in [-0.05, 0) is 56.1 Å². The molecule has 0 aliphatic carbocycles. The number of anilines is 1. The molecule has 1 aromatic rings. The number of ether oxygens (including phenoxy) is 1. The van der Waals surface area contributed by atoms with Crippen molar-refractivity contribution in [2.24, 2.45) is 5.92 Å². The maximum absolute atomic E-state index is 5.42. The molecule has 1 saturated heterocycles. The van der Waals surface area contributed by atoms with Crippen molar-refractivity contribution in [1.82, 2.24) is 0 Å². The number of nitrogens with one attached hydrogen (secondary N) is 1. The van der Waals surface area contributed by atoms with E-state index in [0.29, 0.717) is 6.04 Å². The monoisotopic (exact) mass is 245 g/mol. The number of fused-ring (bicyclic) bond motifs is 1. The molecule has 0 spiro atoms. The first-order chi connectivity index (χ1) is 8.92. The van der Waals surface area contributed by atoms with Crippen LogP contribution in [0.4, 0.5) is 5.69 Å². The molecule has 18 heavy (non-hydrogen) atoms. The number of hydrogen-bond donors (Lipinski definition) is 1. The number of hydrogen-bond acceptors (Lipinski definition) is 2. The summed E-state index contributed by atoms with van der Waals surface area (Å²) in [6.45, 7) is 1.96. The van der Waals surface area contributed by atoms with Gasteiger partial charge in [0.25, 0.3) is 0 Å². The van der Waals surface area contributed by atoms with Crippen molar-refractivity contribution >= 4 is 5.69 Å². The first-order valence-electron chi connectivity index (χ1n) is 7.34. The molecule has 98 valence electrons. The summed E-state index contributed by atoms with van der Waals surface area (Å²) in [7, 11) is 0. The lowest BCUT2D eigenvalue weighted by molar-refractivity contribution is 0.0628. The van der Waals surface area contributed by atoms with E-state index in [1.807, 2.05) is 0 Å². The van der Waals surface area contributed by atoms with Crippen LogP contribution in [0.2, 0.25) is 0 Å². The van der Waals surface area contributed by atoms with Gasteiger partial charge in [0.15, 0.2) is 0 Å². The van der Waals surface area contributed by atoms with E-state index in [4.69, 9.17) is 4.74 Å². The summed E-state index contributed by atoms with van der Waals surface area (Å²) < 4.78 is 5.42. The second-order valence-electron chi connectivity index (χ2n) is 5.67. The maximum Gasteiger partial charge on any atom is 0.0468 e. The van der Waals surface area contributed by atoms with Gasteiger partial charge in [0.1, 0.15) is 0 Å². The Labute approximate surface area is 110 Å². The number of rotatable bonds is 3. The van der Waals surface area contributed by atoms with E-state index >= 15 is 0 Å². The fourth-order valence-corrected chi connectivity index (χ4v) is 3.19. The van der Waals surface area contributed by atoms with E-state index < -0.39 is 0 Å². The zero-order valence-electron chi connectivity index (χ0n) is 11.0. The fraction of sp³-hybridized carbons (Fsp3) is 0.625. The lowest BCUT2D eigenvalue weighted by Gasteiger charge is -2.29. The number of para-hydroxylation sites is 1. The molecule has 2 aliphatic heterocycles. The van der Waals surface area contributed by atoms with Crippen LogP contribution in [0.25, 0.3) is 0 Å². The first kappa shape index (κ1) is 12.0. The van der Waals surface area contributed by atoms with E-state index in [1.54, 1.807) is 0 Å². The molecule has 0 amide bonds. The average Bonchev–Trinajstić information content (AvgIpc) is 2.46. The summed E-state index contributed by atoms with van der Waals surface area (Å²) in [6.07, 6.45) is 7.75. The summed E-state index contributed by atoms with van der Waals surface area (Å²) in [5, 5.41) is 3.71. The molecule has 0 saturated carbocycles. The molecule has 2 nitrogen and oxygen atoms in total. The highest BCUT2D eigenvalue weighted by Crippen LogP contribution is 2.28. The van der Waals surface area contributed by atoms with Gasteiger partial charge in [-0.1, -0.05) is 18.2 Å². The topological polar surface area (TPSA) is 21.3 Å². The van der Waals surface area contributed by atoms with E-state index in [1.165, 1.54) is 49.8 Å². The van der Waals surface area contributed by atoms with E-state index in [0.717, 1.165) is 19.1 Å². The Morgan fingerprint density at radius 2 is 1.89 bits per heavy atom. The van der Waals surface area contributed by atoms with Gasteiger partial charge in [0.05, 0.1) is 0 Å². The van der Waals surface area contributed by atoms with Gasteiger partial charge in [-0.25, -0.2) is 0 Å². The highest BCUT2D eigenvalue weighted by atomic mass is 16.5. The molecule has 0 bridgehead atoms. The van der Waals surface area contributed by atoms with Crippen LogP contribution in [-0.4, -0.2) is 19.3 Å². The second kappa shape index (κ2) is 5.75. The molecule has 1 N–H and O–H groups in total. The van der Waals surface area contributed by atoms with Gasteiger partial charge in [-0.2, -0.15) is 0 Å². The fourth-order valence-electron chi connectivity index (χ4n) is 3.19. The van der Waals surface area contributed by atoms with Crippen LogP contribution in [0.5, 0.6) is 0 Å². The normalized spacial score (nSPS) is 24.3. The predicted octanol–water partition coefficient (Wildman–Crippen LogP) is 3.62. The van der Waals surface area contributed by atoms with Gasteiger partial charge >= 0.3 is 0 Å². The summed E-state index contributed by atoms with van der Waals surface area (Å²) in [6, 6.07) is 9.42. The Kier molecular flexibility index (Phi) is 3.84. The Morgan fingerprint density at radius 1 is 1.06 bits per heavy atom. The summed E-state index contributed by atoms with van der Waals surface area (Å²) in [5.74, 6) is 0.901. The van der Waals surface area contributed by atoms with Crippen LogP contribution < -0.4 is 5.32 Å². The number of aryl methyl sites for hydroxylation is 1. The molecule has 1 atom stereocenters.